The molecule has 1 rings (SSSR count). The molecule has 116 valence electrons. The van der Waals surface area contributed by atoms with Crippen molar-refractivity contribution >= 4 is 21.0 Å². The van der Waals surface area contributed by atoms with Gasteiger partial charge in [0.1, 0.15) is 18.1 Å². The summed E-state index contributed by atoms with van der Waals surface area (Å²) in [5, 5.41) is 0. The summed E-state index contributed by atoms with van der Waals surface area (Å²) in [6.07, 6.45) is -0.166. The number of hydrogen-bond acceptors (Lipinski definition) is 5. The van der Waals surface area contributed by atoms with Crippen LogP contribution in [0.3, 0.4) is 0 Å². The summed E-state index contributed by atoms with van der Waals surface area (Å²) >= 11 is 0. The van der Waals surface area contributed by atoms with Crippen LogP contribution in [0.1, 0.15) is 34.1 Å². The van der Waals surface area contributed by atoms with Crippen LogP contribution in [-0.2, 0) is 23.5 Å². The Morgan fingerprint density at radius 1 is 1.40 bits per heavy atom. The lowest BCUT2D eigenvalue weighted by molar-refractivity contribution is -0.188. The Hall–Kier alpha value is -0.883. The third kappa shape index (κ3) is 4.90. The van der Waals surface area contributed by atoms with Crippen LogP contribution >= 0.6 is 0 Å². The van der Waals surface area contributed by atoms with Gasteiger partial charge in [0.15, 0.2) is 9.04 Å². The number of carbonyl (C=O) groups is 2. The van der Waals surface area contributed by atoms with Crippen molar-refractivity contribution in [1.29, 1.82) is 0 Å². The van der Waals surface area contributed by atoms with Crippen molar-refractivity contribution in [2.75, 3.05) is 6.61 Å². The Balaban J connectivity index is 2.82. The molecule has 0 aromatic carbocycles. The molecule has 0 amide bonds. The van der Waals surface area contributed by atoms with Gasteiger partial charge in [0.2, 0.25) is 0 Å². The van der Waals surface area contributed by atoms with E-state index in [4.69, 9.17) is 13.9 Å². The lowest BCUT2D eigenvalue weighted by Crippen LogP contribution is -2.49. The highest BCUT2D eigenvalue weighted by Crippen LogP contribution is 2.34. The fraction of sp³-hybridized carbons (Fsp3) is 0.857. The first-order valence-corrected chi connectivity index (χ1v) is 9.88. The van der Waals surface area contributed by atoms with Crippen molar-refractivity contribution in [1.82, 2.24) is 0 Å². The summed E-state index contributed by atoms with van der Waals surface area (Å²) in [6.45, 7) is 11.7. The molecular weight excluding hydrogens is 276 g/mol. The molecule has 1 aliphatic heterocycles. The van der Waals surface area contributed by atoms with Gasteiger partial charge in [-0.3, -0.25) is 9.59 Å². The highest BCUT2D eigenvalue weighted by Gasteiger charge is 2.44. The first-order valence-electron chi connectivity index (χ1n) is 7.10. The van der Waals surface area contributed by atoms with E-state index in [-0.39, 0.29) is 30.1 Å². The largest absolute Gasteiger partial charge is 0.461 e. The first kappa shape index (κ1) is 17.2. The maximum absolute atomic E-state index is 12.2. The second-order valence-electron chi connectivity index (χ2n) is 6.66. The Labute approximate surface area is 122 Å². The zero-order chi connectivity index (χ0) is 15.5. The number of hydrogen-bond donors (Lipinski definition) is 0. The zero-order valence-corrected chi connectivity index (χ0v) is 14.4. The molecule has 0 aliphatic carbocycles. The molecule has 3 unspecified atom stereocenters. The van der Waals surface area contributed by atoms with E-state index in [1.807, 2.05) is 33.9 Å². The molecule has 20 heavy (non-hydrogen) atoms. The van der Waals surface area contributed by atoms with Crippen LogP contribution in [0.15, 0.2) is 0 Å². The van der Waals surface area contributed by atoms with E-state index in [0.29, 0.717) is 6.42 Å². The third-order valence-corrected chi connectivity index (χ3v) is 4.21. The Morgan fingerprint density at radius 3 is 2.45 bits per heavy atom. The summed E-state index contributed by atoms with van der Waals surface area (Å²) in [4.78, 5) is 23.4. The predicted octanol–water partition coefficient (Wildman–Crippen LogP) is 1.90. The van der Waals surface area contributed by atoms with Gasteiger partial charge < -0.3 is 13.9 Å². The van der Waals surface area contributed by atoms with Gasteiger partial charge in [-0.15, -0.1) is 0 Å². The van der Waals surface area contributed by atoms with Crippen molar-refractivity contribution in [2.45, 2.75) is 59.4 Å². The third-order valence-electron chi connectivity index (χ3n) is 3.35. The molecule has 0 N–H and O–H groups in total. The molecule has 1 aliphatic rings. The Morgan fingerprint density at radius 2 is 2.00 bits per heavy atom. The number of carbonyl (C=O) groups excluding carboxylic acids is 2. The molecule has 1 saturated heterocycles. The second-order valence-corrected chi connectivity index (χ2v) is 9.09. The molecular formula is C14H26O5Si. The average molecular weight is 302 g/mol. The fourth-order valence-electron chi connectivity index (χ4n) is 2.15. The molecule has 0 radical (unpaired) electrons. The van der Waals surface area contributed by atoms with Crippen LogP contribution < -0.4 is 0 Å². The zero-order valence-electron chi connectivity index (χ0n) is 13.3. The van der Waals surface area contributed by atoms with Crippen molar-refractivity contribution in [3.05, 3.63) is 0 Å². The van der Waals surface area contributed by atoms with Crippen molar-refractivity contribution in [3.8, 4) is 0 Å². The van der Waals surface area contributed by atoms with Crippen LogP contribution in [-0.4, -0.2) is 39.8 Å². The molecule has 6 heteroatoms. The minimum absolute atomic E-state index is 0.174. The number of esters is 2. The highest BCUT2D eigenvalue weighted by molar-refractivity contribution is 6.48. The maximum atomic E-state index is 12.2. The summed E-state index contributed by atoms with van der Waals surface area (Å²) in [6, 6.07) is 0. The molecule has 3 atom stereocenters. The smallest absolute Gasteiger partial charge is 0.315 e. The Kier molecular flexibility index (Phi) is 5.76. The molecule has 0 saturated carbocycles. The Bertz CT molecular complexity index is 361. The van der Waals surface area contributed by atoms with E-state index in [0.717, 1.165) is 0 Å². The quantitative estimate of drug-likeness (QED) is 0.586. The molecule has 0 bridgehead atoms. The molecule has 5 nitrogen and oxygen atoms in total. The topological polar surface area (TPSA) is 61.8 Å². The summed E-state index contributed by atoms with van der Waals surface area (Å²) < 4.78 is 16.5. The normalized spacial score (nSPS) is 27.4. The lowest BCUT2D eigenvalue weighted by atomic mass is 9.81. The predicted molar refractivity (Wildman–Crippen MR) is 77.8 cm³/mol. The highest BCUT2D eigenvalue weighted by atomic mass is 28.3. The van der Waals surface area contributed by atoms with E-state index in [9.17, 15) is 9.59 Å². The van der Waals surface area contributed by atoms with Gasteiger partial charge in [0, 0.05) is 13.3 Å². The standard InChI is InChI=1S/C14H26O5Si/c1-9(15)18-11-7-12(14(2,3)4)19-13(16)10(11)8-17-20(5)6/h10-12,20H,7-8H2,1-6H3. The maximum Gasteiger partial charge on any atom is 0.315 e. The molecule has 0 spiro atoms. The van der Waals surface area contributed by atoms with Gasteiger partial charge in [-0.1, -0.05) is 20.8 Å². The lowest BCUT2D eigenvalue weighted by Gasteiger charge is -2.40. The minimum atomic E-state index is -1.23. The number of cyclic esters (lactones) is 1. The fourth-order valence-corrected chi connectivity index (χ4v) is 2.74. The van der Waals surface area contributed by atoms with E-state index in [1.54, 1.807) is 0 Å². The average Bonchev–Trinajstić information content (AvgIpc) is 2.24. The van der Waals surface area contributed by atoms with E-state index in [2.05, 4.69) is 0 Å². The van der Waals surface area contributed by atoms with E-state index < -0.39 is 21.1 Å². The molecule has 1 fully saturated rings. The molecule has 1 heterocycles. The van der Waals surface area contributed by atoms with Crippen LogP contribution in [0.4, 0.5) is 0 Å². The molecule has 0 aromatic rings. The van der Waals surface area contributed by atoms with Crippen LogP contribution in [0.25, 0.3) is 0 Å². The van der Waals surface area contributed by atoms with Crippen LogP contribution in [0.2, 0.25) is 13.1 Å². The van der Waals surface area contributed by atoms with E-state index in [1.165, 1.54) is 6.92 Å². The SMILES string of the molecule is CC(=O)OC1CC(C(C)(C)C)OC(=O)C1CO[SiH](C)C. The monoisotopic (exact) mass is 302 g/mol. The van der Waals surface area contributed by atoms with Gasteiger partial charge in [-0.25, -0.2) is 0 Å². The summed E-state index contributed by atoms with van der Waals surface area (Å²) in [5.74, 6) is -1.20. The van der Waals surface area contributed by atoms with E-state index >= 15 is 0 Å². The van der Waals surface area contributed by atoms with Crippen molar-refractivity contribution in [3.63, 3.8) is 0 Å². The van der Waals surface area contributed by atoms with Gasteiger partial charge in [0.05, 0.1) is 6.61 Å². The summed E-state index contributed by atoms with van der Waals surface area (Å²) in [5.41, 5.74) is -0.174. The minimum Gasteiger partial charge on any atom is -0.461 e. The van der Waals surface area contributed by atoms with Crippen LogP contribution in [0.5, 0.6) is 0 Å². The second kappa shape index (κ2) is 6.71. The number of rotatable bonds is 4. The van der Waals surface area contributed by atoms with Gasteiger partial charge in [0.25, 0.3) is 0 Å². The van der Waals surface area contributed by atoms with Gasteiger partial charge in [-0.2, -0.15) is 0 Å². The summed E-state index contributed by atoms with van der Waals surface area (Å²) in [7, 11) is -1.23. The van der Waals surface area contributed by atoms with Crippen molar-refractivity contribution in [2.24, 2.45) is 11.3 Å². The first-order chi connectivity index (χ1) is 9.11. The molecule has 0 aromatic heterocycles. The number of ether oxygens (including phenoxy) is 2. The van der Waals surface area contributed by atoms with Gasteiger partial charge in [-0.05, 0) is 18.5 Å². The van der Waals surface area contributed by atoms with Crippen LogP contribution in [0, 0.1) is 11.3 Å². The van der Waals surface area contributed by atoms with Gasteiger partial charge >= 0.3 is 11.9 Å². The van der Waals surface area contributed by atoms with Crippen molar-refractivity contribution < 1.29 is 23.5 Å².